The first-order valence-corrected chi connectivity index (χ1v) is 8.50. The van der Waals surface area contributed by atoms with Crippen molar-refractivity contribution in [3.05, 3.63) is 23.8 Å². The van der Waals surface area contributed by atoms with Crippen LogP contribution in [0.2, 0.25) is 0 Å². The van der Waals surface area contributed by atoms with E-state index < -0.39 is 0 Å². The van der Waals surface area contributed by atoms with Gasteiger partial charge in [0, 0.05) is 19.6 Å². The summed E-state index contributed by atoms with van der Waals surface area (Å²) in [5.74, 6) is 2.37. The third-order valence-corrected chi connectivity index (χ3v) is 4.92. The lowest BCUT2D eigenvalue weighted by atomic mass is 9.91. The second kappa shape index (κ2) is 7.34. The van der Waals surface area contributed by atoms with Crippen LogP contribution in [0.4, 0.5) is 0 Å². The lowest BCUT2D eigenvalue weighted by Gasteiger charge is -2.30. The van der Waals surface area contributed by atoms with Crippen LogP contribution in [0.25, 0.3) is 0 Å². The van der Waals surface area contributed by atoms with Gasteiger partial charge >= 0.3 is 0 Å². The van der Waals surface area contributed by atoms with Crippen LogP contribution < -0.4 is 14.8 Å². The molecule has 2 heterocycles. The molecule has 4 heteroatoms. The Hall–Kier alpha value is -1.26. The zero-order valence-electron chi connectivity index (χ0n) is 13.8. The van der Waals surface area contributed by atoms with Gasteiger partial charge in [-0.3, -0.25) is 0 Å². The normalized spacial score (nSPS) is 24.2. The predicted molar refractivity (Wildman–Crippen MR) is 89.0 cm³/mol. The van der Waals surface area contributed by atoms with Crippen molar-refractivity contribution in [1.82, 2.24) is 10.2 Å². The maximum absolute atomic E-state index is 6.29. The molecule has 0 amide bonds. The van der Waals surface area contributed by atoms with E-state index in [0.29, 0.717) is 12.0 Å². The fourth-order valence-corrected chi connectivity index (χ4v) is 3.46. The lowest BCUT2D eigenvalue weighted by molar-refractivity contribution is 0.111. The van der Waals surface area contributed by atoms with E-state index in [1.165, 1.54) is 18.4 Å². The van der Waals surface area contributed by atoms with Gasteiger partial charge in [0.2, 0.25) is 0 Å². The number of hydrogen-bond acceptors (Lipinski definition) is 4. The maximum atomic E-state index is 6.29. The van der Waals surface area contributed by atoms with Crippen molar-refractivity contribution in [3.63, 3.8) is 0 Å². The summed E-state index contributed by atoms with van der Waals surface area (Å²) in [5, 5.41) is 3.49. The number of nitrogens with one attached hydrogen (secondary N) is 1. The van der Waals surface area contributed by atoms with E-state index in [0.717, 1.165) is 50.5 Å². The van der Waals surface area contributed by atoms with Crippen LogP contribution in [0.15, 0.2) is 18.2 Å². The molecule has 1 atom stereocenters. The van der Waals surface area contributed by atoms with Gasteiger partial charge in [0.05, 0.1) is 7.11 Å². The first-order valence-electron chi connectivity index (χ1n) is 8.50. The summed E-state index contributed by atoms with van der Waals surface area (Å²) in [6.07, 6.45) is 5.00. The zero-order valence-corrected chi connectivity index (χ0v) is 13.8. The highest BCUT2D eigenvalue weighted by Gasteiger charge is 2.21. The number of benzene rings is 1. The number of hydrogen-bond donors (Lipinski definition) is 1. The van der Waals surface area contributed by atoms with Crippen LogP contribution in [0.1, 0.15) is 37.2 Å². The highest BCUT2D eigenvalue weighted by Crippen LogP contribution is 2.34. The molecule has 2 aliphatic rings. The molecule has 0 aromatic heterocycles. The van der Waals surface area contributed by atoms with Crippen molar-refractivity contribution >= 4 is 0 Å². The molecule has 0 bridgehead atoms. The standard InChI is InChI=1S/C18H28N2O2/c1-20-10-7-16(8-11-20)22-18-12-14(5-6-17(18)21-2)15-4-3-9-19-13-15/h5-6,12,15-16,19H,3-4,7-11,13H2,1-2H3. The number of piperidine rings is 2. The van der Waals surface area contributed by atoms with E-state index in [4.69, 9.17) is 9.47 Å². The molecule has 0 spiro atoms. The van der Waals surface area contributed by atoms with E-state index in [9.17, 15) is 0 Å². The smallest absolute Gasteiger partial charge is 0.161 e. The molecule has 1 unspecified atom stereocenters. The first kappa shape index (κ1) is 15.6. The molecule has 3 rings (SSSR count). The van der Waals surface area contributed by atoms with Gasteiger partial charge in [-0.05, 0) is 62.9 Å². The van der Waals surface area contributed by atoms with Gasteiger partial charge < -0.3 is 19.7 Å². The molecule has 0 radical (unpaired) electrons. The minimum atomic E-state index is 0.310. The van der Waals surface area contributed by atoms with Crippen LogP contribution in [-0.4, -0.2) is 51.3 Å². The van der Waals surface area contributed by atoms with Gasteiger partial charge in [-0.2, -0.15) is 0 Å². The largest absolute Gasteiger partial charge is 0.493 e. The quantitative estimate of drug-likeness (QED) is 0.927. The van der Waals surface area contributed by atoms with Gasteiger partial charge in [-0.15, -0.1) is 0 Å². The summed E-state index contributed by atoms with van der Waals surface area (Å²) in [4.78, 5) is 2.36. The summed E-state index contributed by atoms with van der Waals surface area (Å²) in [6, 6.07) is 6.46. The topological polar surface area (TPSA) is 33.7 Å². The monoisotopic (exact) mass is 304 g/mol. The van der Waals surface area contributed by atoms with Crippen LogP contribution in [0, 0.1) is 0 Å². The van der Waals surface area contributed by atoms with Crippen molar-refractivity contribution < 1.29 is 9.47 Å². The molecule has 22 heavy (non-hydrogen) atoms. The van der Waals surface area contributed by atoms with Crippen LogP contribution >= 0.6 is 0 Å². The number of likely N-dealkylation sites (tertiary alicyclic amines) is 1. The summed E-state index contributed by atoms with van der Waals surface area (Å²) in [6.45, 7) is 4.43. The Labute approximate surface area is 133 Å². The summed E-state index contributed by atoms with van der Waals surface area (Å²) < 4.78 is 11.8. The van der Waals surface area contributed by atoms with Gasteiger partial charge in [-0.25, -0.2) is 0 Å². The zero-order chi connectivity index (χ0) is 15.4. The number of nitrogens with zero attached hydrogens (tertiary/aromatic N) is 1. The number of ether oxygens (including phenoxy) is 2. The fourth-order valence-electron chi connectivity index (χ4n) is 3.46. The molecule has 122 valence electrons. The Bertz CT molecular complexity index is 478. The van der Waals surface area contributed by atoms with Gasteiger partial charge in [0.15, 0.2) is 11.5 Å². The Morgan fingerprint density at radius 2 is 1.95 bits per heavy atom. The van der Waals surface area contributed by atoms with Crippen molar-refractivity contribution in [3.8, 4) is 11.5 Å². The van der Waals surface area contributed by atoms with E-state index in [1.807, 2.05) is 0 Å². The highest BCUT2D eigenvalue weighted by molar-refractivity contribution is 5.44. The second-order valence-corrected chi connectivity index (χ2v) is 6.57. The molecule has 1 aromatic carbocycles. The van der Waals surface area contributed by atoms with Crippen LogP contribution in [-0.2, 0) is 0 Å². The molecule has 1 N–H and O–H groups in total. The summed E-state index contributed by atoms with van der Waals surface area (Å²) in [5.41, 5.74) is 1.37. The molecule has 2 aliphatic heterocycles. The van der Waals surface area contributed by atoms with Crippen molar-refractivity contribution in [2.24, 2.45) is 0 Å². The SMILES string of the molecule is COc1ccc(C2CCCNC2)cc1OC1CCN(C)CC1. The molecule has 2 fully saturated rings. The van der Waals surface area contributed by atoms with Crippen LogP contribution in [0.5, 0.6) is 11.5 Å². The average molecular weight is 304 g/mol. The van der Waals surface area contributed by atoms with Crippen molar-refractivity contribution in [1.29, 1.82) is 0 Å². The summed E-state index contributed by atoms with van der Waals surface area (Å²) >= 11 is 0. The van der Waals surface area contributed by atoms with Gasteiger partial charge in [-0.1, -0.05) is 6.07 Å². The van der Waals surface area contributed by atoms with Gasteiger partial charge in [0.25, 0.3) is 0 Å². The fraction of sp³-hybridized carbons (Fsp3) is 0.667. The first-order chi connectivity index (χ1) is 10.8. The molecular weight excluding hydrogens is 276 g/mol. The van der Waals surface area contributed by atoms with Crippen molar-refractivity contribution in [2.45, 2.75) is 37.7 Å². The van der Waals surface area contributed by atoms with E-state index in [1.54, 1.807) is 7.11 Å². The molecular formula is C18H28N2O2. The summed E-state index contributed by atoms with van der Waals surface area (Å²) in [7, 11) is 3.90. The van der Waals surface area contributed by atoms with Crippen molar-refractivity contribution in [2.75, 3.05) is 40.3 Å². The number of rotatable bonds is 4. The van der Waals surface area contributed by atoms with Gasteiger partial charge in [0.1, 0.15) is 6.10 Å². The molecule has 0 aliphatic carbocycles. The average Bonchev–Trinajstić information content (AvgIpc) is 2.58. The third kappa shape index (κ3) is 3.73. The second-order valence-electron chi connectivity index (χ2n) is 6.57. The Kier molecular flexibility index (Phi) is 5.21. The van der Waals surface area contributed by atoms with Crippen LogP contribution in [0.3, 0.4) is 0 Å². The molecule has 1 aromatic rings. The van der Waals surface area contributed by atoms with E-state index in [2.05, 4.69) is 35.5 Å². The van der Waals surface area contributed by atoms with E-state index in [-0.39, 0.29) is 0 Å². The minimum Gasteiger partial charge on any atom is -0.493 e. The number of methoxy groups -OCH3 is 1. The maximum Gasteiger partial charge on any atom is 0.161 e. The Balaban J connectivity index is 1.72. The Morgan fingerprint density at radius 1 is 1.14 bits per heavy atom. The highest BCUT2D eigenvalue weighted by atomic mass is 16.5. The third-order valence-electron chi connectivity index (χ3n) is 4.92. The Morgan fingerprint density at radius 3 is 2.64 bits per heavy atom. The molecule has 2 saturated heterocycles. The van der Waals surface area contributed by atoms with E-state index >= 15 is 0 Å². The minimum absolute atomic E-state index is 0.310. The lowest BCUT2D eigenvalue weighted by Crippen LogP contribution is -2.35. The molecule has 0 saturated carbocycles. The molecule has 4 nitrogen and oxygen atoms in total. The predicted octanol–water partition coefficient (Wildman–Crippen LogP) is 2.64.